The summed E-state index contributed by atoms with van der Waals surface area (Å²) in [7, 11) is 0. The van der Waals surface area contributed by atoms with Gasteiger partial charge in [-0.15, -0.1) is 0 Å². The molecule has 1 N–H and O–H groups in total. The zero-order valence-electron chi connectivity index (χ0n) is 13.5. The summed E-state index contributed by atoms with van der Waals surface area (Å²) in [4.78, 5) is 12.0. The Labute approximate surface area is 145 Å². The van der Waals surface area contributed by atoms with Crippen molar-refractivity contribution in [3.8, 4) is 0 Å². The highest BCUT2D eigenvalue weighted by Crippen LogP contribution is 2.16. The minimum Gasteiger partial charge on any atom is -0.326 e. The van der Waals surface area contributed by atoms with E-state index >= 15 is 0 Å². The van der Waals surface area contributed by atoms with Gasteiger partial charge in [0.05, 0.1) is 9.26 Å². The molecule has 2 aromatic rings. The average molecular weight is 411 g/mol. The Kier molecular flexibility index (Phi) is 5.61. The van der Waals surface area contributed by atoms with Gasteiger partial charge in [0.15, 0.2) is 0 Å². The molecule has 1 aromatic carbocycles. The lowest BCUT2D eigenvalue weighted by Crippen LogP contribution is -2.13. The molecule has 118 valence electrons. The molecule has 0 aliphatic rings. The zero-order chi connectivity index (χ0) is 16.3. The van der Waals surface area contributed by atoms with Gasteiger partial charge in [0.25, 0.3) is 0 Å². The molecule has 1 aromatic heterocycles. The topological polar surface area (TPSA) is 46.9 Å². The molecule has 22 heavy (non-hydrogen) atoms. The zero-order valence-corrected chi connectivity index (χ0v) is 15.7. The number of hydrogen-bond acceptors (Lipinski definition) is 2. The van der Waals surface area contributed by atoms with Crippen molar-refractivity contribution < 1.29 is 4.79 Å². The number of nitrogens with zero attached hydrogens (tertiary/aromatic N) is 2. The SMILES string of the molecule is Cc1ccc(NC(=O)CCCn2nc(C)c(I)c2C)cc1C. The molecule has 0 bridgehead atoms. The van der Waals surface area contributed by atoms with Crippen LogP contribution in [0.2, 0.25) is 0 Å². The van der Waals surface area contributed by atoms with Crippen LogP contribution in [0.25, 0.3) is 0 Å². The van der Waals surface area contributed by atoms with Gasteiger partial charge in [0.2, 0.25) is 5.91 Å². The van der Waals surface area contributed by atoms with Crippen LogP contribution in [-0.4, -0.2) is 15.7 Å². The van der Waals surface area contributed by atoms with E-state index in [0.29, 0.717) is 6.42 Å². The van der Waals surface area contributed by atoms with Crippen molar-refractivity contribution in [2.75, 3.05) is 5.32 Å². The Morgan fingerprint density at radius 3 is 2.55 bits per heavy atom. The van der Waals surface area contributed by atoms with E-state index in [0.717, 1.165) is 24.3 Å². The van der Waals surface area contributed by atoms with E-state index in [2.05, 4.69) is 53.8 Å². The largest absolute Gasteiger partial charge is 0.326 e. The fourth-order valence-corrected chi connectivity index (χ4v) is 2.71. The fraction of sp³-hybridized carbons (Fsp3) is 0.412. The van der Waals surface area contributed by atoms with E-state index in [1.165, 1.54) is 20.4 Å². The first kappa shape index (κ1) is 17.0. The Hall–Kier alpha value is -1.37. The quantitative estimate of drug-likeness (QED) is 0.752. The molecule has 2 rings (SSSR count). The van der Waals surface area contributed by atoms with Gasteiger partial charge in [0, 0.05) is 24.3 Å². The third kappa shape index (κ3) is 4.09. The molecule has 0 aliphatic carbocycles. The lowest BCUT2D eigenvalue weighted by atomic mass is 10.1. The summed E-state index contributed by atoms with van der Waals surface area (Å²) in [5, 5.41) is 7.45. The smallest absolute Gasteiger partial charge is 0.224 e. The maximum atomic E-state index is 12.0. The van der Waals surface area contributed by atoms with E-state index in [1.54, 1.807) is 0 Å². The maximum absolute atomic E-state index is 12.0. The number of hydrogen-bond donors (Lipinski definition) is 1. The van der Waals surface area contributed by atoms with E-state index in [-0.39, 0.29) is 5.91 Å². The van der Waals surface area contributed by atoms with Gasteiger partial charge >= 0.3 is 0 Å². The molecule has 0 saturated heterocycles. The highest BCUT2D eigenvalue weighted by Gasteiger charge is 2.09. The Morgan fingerprint density at radius 2 is 1.95 bits per heavy atom. The molecule has 5 heteroatoms. The van der Waals surface area contributed by atoms with Crippen LogP contribution in [0.1, 0.15) is 35.4 Å². The van der Waals surface area contributed by atoms with E-state index < -0.39 is 0 Å². The lowest BCUT2D eigenvalue weighted by molar-refractivity contribution is -0.116. The average Bonchev–Trinajstić information content (AvgIpc) is 2.70. The van der Waals surface area contributed by atoms with Gasteiger partial charge in [-0.25, -0.2) is 0 Å². The van der Waals surface area contributed by atoms with Crippen molar-refractivity contribution in [3.05, 3.63) is 44.3 Å². The molecule has 0 unspecified atom stereocenters. The number of anilines is 1. The summed E-state index contributed by atoms with van der Waals surface area (Å²) in [6, 6.07) is 5.99. The van der Waals surface area contributed by atoms with Crippen LogP contribution in [0, 0.1) is 31.3 Å². The van der Waals surface area contributed by atoms with Gasteiger partial charge < -0.3 is 5.32 Å². The monoisotopic (exact) mass is 411 g/mol. The molecule has 0 aliphatic heterocycles. The highest BCUT2D eigenvalue weighted by molar-refractivity contribution is 14.1. The molecular weight excluding hydrogens is 389 g/mol. The minimum absolute atomic E-state index is 0.0551. The van der Waals surface area contributed by atoms with Crippen LogP contribution in [0.15, 0.2) is 18.2 Å². The molecular formula is C17H22IN3O. The number of amides is 1. The van der Waals surface area contributed by atoms with E-state index in [4.69, 9.17) is 0 Å². The van der Waals surface area contributed by atoms with Crippen LogP contribution in [-0.2, 0) is 11.3 Å². The summed E-state index contributed by atoms with van der Waals surface area (Å²) in [5.41, 5.74) is 5.52. The summed E-state index contributed by atoms with van der Waals surface area (Å²) in [5.74, 6) is 0.0551. The van der Waals surface area contributed by atoms with Crippen molar-refractivity contribution in [3.63, 3.8) is 0 Å². The number of aryl methyl sites for hydroxylation is 4. The molecule has 0 saturated carbocycles. The summed E-state index contributed by atoms with van der Waals surface area (Å²) < 4.78 is 3.19. The highest BCUT2D eigenvalue weighted by atomic mass is 127. The normalized spacial score (nSPS) is 10.8. The second-order valence-electron chi connectivity index (χ2n) is 5.66. The van der Waals surface area contributed by atoms with Crippen molar-refractivity contribution >= 4 is 34.2 Å². The van der Waals surface area contributed by atoms with Crippen LogP contribution >= 0.6 is 22.6 Å². The Morgan fingerprint density at radius 1 is 1.23 bits per heavy atom. The summed E-state index contributed by atoms with van der Waals surface area (Å²) in [6.45, 7) is 8.97. The summed E-state index contributed by atoms with van der Waals surface area (Å²) >= 11 is 2.31. The van der Waals surface area contributed by atoms with Crippen molar-refractivity contribution in [2.45, 2.75) is 47.1 Å². The van der Waals surface area contributed by atoms with Crippen LogP contribution in [0.4, 0.5) is 5.69 Å². The lowest BCUT2D eigenvalue weighted by Gasteiger charge is -2.08. The standard InChI is InChI=1S/C17H22IN3O/c1-11-7-8-15(10-12(11)2)19-16(22)6-5-9-21-14(4)17(18)13(3)20-21/h7-8,10H,5-6,9H2,1-4H3,(H,19,22). The molecule has 0 fully saturated rings. The van der Waals surface area contributed by atoms with Crippen LogP contribution < -0.4 is 5.32 Å². The summed E-state index contributed by atoms with van der Waals surface area (Å²) in [6.07, 6.45) is 1.29. The fourth-order valence-electron chi connectivity index (χ4n) is 2.32. The van der Waals surface area contributed by atoms with E-state index in [1.807, 2.05) is 29.8 Å². The number of nitrogens with one attached hydrogen (secondary N) is 1. The predicted octanol–water partition coefficient (Wildman–Crippen LogP) is 4.14. The first-order valence-corrected chi connectivity index (χ1v) is 8.53. The Bertz CT molecular complexity index is 691. The third-order valence-electron chi connectivity index (χ3n) is 3.86. The molecule has 0 spiro atoms. The van der Waals surface area contributed by atoms with E-state index in [9.17, 15) is 4.79 Å². The number of benzene rings is 1. The predicted molar refractivity (Wildman–Crippen MR) is 98.2 cm³/mol. The number of halogens is 1. The first-order valence-electron chi connectivity index (χ1n) is 7.45. The number of aromatic nitrogens is 2. The molecule has 0 radical (unpaired) electrons. The van der Waals surface area contributed by atoms with Gasteiger partial charge in [-0.1, -0.05) is 6.07 Å². The molecule has 0 atom stereocenters. The second-order valence-corrected chi connectivity index (χ2v) is 6.74. The molecule has 4 nitrogen and oxygen atoms in total. The number of carbonyl (C=O) groups excluding carboxylic acids is 1. The van der Waals surface area contributed by atoms with Crippen LogP contribution in [0.5, 0.6) is 0 Å². The van der Waals surface area contributed by atoms with Crippen molar-refractivity contribution in [1.82, 2.24) is 9.78 Å². The number of rotatable bonds is 5. The number of carbonyl (C=O) groups is 1. The first-order chi connectivity index (χ1) is 10.4. The maximum Gasteiger partial charge on any atom is 0.224 e. The van der Waals surface area contributed by atoms with Gasteiger partial charge in [0.1, 0.15) is 0 Å². The van der Waals surface area contributed by atoms with Crippen molar-refractivity contribution in [2.24, 2.45) is 0 Å². The second kappa shape index (κ2) is 7.26. The molecule has 1 amide bonds. The van der Waals surface area contributed by atoms with Gasteiger partial charge in [-0.3, -0.25) is 9.48 Å². The van der Waals surface area contributed by atoms with Crippen LogP contribution in [0.3, 0.4) is 0 Å². The Balaban J connectivity index is 1.85. The molecule has 1 heterocycles. The van der Waals surface area contributed by atoms with Gasteiger partial charge in [-0.2, -0.15) is 5.10 Å². The van der Waals surface area contributed by atoms with Gasteiger partial charge in [-0.05, 0) is 80.0 Å². The minimum atomic E-state index is 0.0551. The van der Waals surface area contributed by atoms with Crippen molar-refractivity contribution in [1.29, 1.82) is 0 Å². The third-order valence-corrected chi connectivity index (χ3v) is 5.42.